The first-order valence-electron chi connectivity index (χ1n) is 10.9. The summed E-state index contributed by atoms with van der Waals surface area (Å²) in [5.74, 6) is -3.21. The quantitative estimate of drug-likeness (QED) is 0.520. The van der Waals surface area contributed by atoms with E-state index in [0.29, 0.717) is 29.7 Å². The number of alkyl halides is 5. The Balaban J connectivity index is 0.00000324. The molecule has 190 valence electrons. The Labute approximate surface area is 199 Å². The van der Waals surface area contributed by atoms with Crippen LogP contribution in [0.15, 0.2) is 18.5 Å². The number of hydrogen-bond acceptors (Lipinski definition) is 5. The van der Waals surface area contributed by atoms with Gasteiger partial charge < -0.3 is 15.8 Å². The fourth-order valence-electron chi connectivity index (χ4n) is 4.28. The van der Waals surface area contributed by atoms with Crippen molar-refractivity contribution < 1.29 is 31.5 Å². The predicted octanol–water partition coefficient (Wildman–Crippen LogP) is 4.12. The lowest BCUT2D eigenvalue weighted by Gasteiger charge is -2.31. The number of nitrogens with zero attached hydrogens (tertiary/aromatic N) is 3. The van der Waals surface area contributed by atoms with E-state index in [1.807, 2.05) is 0 Å². The molecule has 3 N–H and O–H groups in total. The van der Waals surface area contributed by atoms with Crippen LogP contribution in [0.25, 0.3) is 5.65 Å². The fourth-order valence-corrected chi connectivity index (χ4v) is 4.28. The molecule has 2 saturated carbocycles. The SMILES string of the molecule is Cl.NC(c1cn2ncc(C(NC(=O)COCC(F)(F)F)C3CC3)cc2n1)C1CCC(F)(F)CC1. The molecule has 0 saturated heterocycles. The minimum absolute atomic E-state index is 0. The lowest BCUT2D eigenvalue weighted by molar-refractivity contribution is -0.175. The minimum atomic E-state index is -4.50. The molecule has 2 unspecified atom stereocenters. The first kappa shape index (κ1) is 26.6. The smallest absolute Gasteiger partial charge is 0.362 e. The van der Waals surface area contributed by atoms with E-state index in [-0.39, 0.29) is 37.1 Å². The zero-order valence-electron chi connectivity index (χ0n) is 18.2. The van der Waals surface area contributed by atoms with Crippen molar-refractivity contribution in [3.8, 4) is 0 Å². The van der Waals surface area contributed by atoms with Gasteiger partial charge in [0.25, 0.3) is 0 Å². The average Bonchev–Trinajstić information content (AvgIpc) is 3.48. The molecule has 0 bridgehead atoms. The van der Waals surface area contributed by atoms with Crippen molar-refractivity contribution >= 4 is 24.0 Å². The summed E-state index contributed by atoms with van der Waals surface area (Å²) >= 11 is 0. The molecule has 2 heterocycles. The van der Waals surface area contributed by atoms with Gasteiger partial charge in [0.05, 0.1) is 30.2 Å². The molecule has 2 aromatic rings. The lowest BCUT2D eigenvalue weighted by atomic mass is 9.81. The van der Waals surface area contributed by atoms with Crippen LogP contribution in [0.2, 0.25) is 0 Å². The van der Waals surface area contributed by atoms with E-state index in [1.165, 1.54) is 4.52 Å². The molecule has 2 aliphatic carbocycles. The summed E-state index contributed by atoms with van der Waals surface area (Å²) in [6, 6.07) is 0.841. The van der Waals surface area contributed by atoms with Crippen molar-refractivity contribution in [3.05, 3.63) is 29.7 Å². The number of nitrogens with two attached hydrogens (primary N) is 1. The van der Waals surface area contributed by atoms with Crippen molar-refractivity contribution in [3.63, 3.8) is 0 Å². The molecule has 34 heavy (non-hydrogen) atoms. The standard InChI is InChI=1S/C21H26F5N5O2.ClH/c22-20(23)5-3-12(4-6-20)18(27)15-9-31-16(29-15)7-14(8-28-31)19(13-1-2-13)30-17(32)10-33-11-21(24,25)26;/h7-9,12-13,18-19H,1-6,10-11,27H2,(H,30,32);1H. The van der Waals surface area contributed by atoms with Crippen LogP contribution in [-0.4, -0.2) is 45.8 Å². The number of imidazole rings is 1. The van der Waals surface area contributed by atoms with Crippen LogP contribution in [-0.2, 0) is 9.53 Å². The summed E-state index contributed by atoms with van der Waals surface area (Å²) in [6.45, 7) is -2.18. The zero-order chi connectivity index (χ0) is 23.8. The molecular formula is C21H27ClF5N5O2. The molecule has 2 fully saturated rings. The van der Waals surface area contributed by atoms with Gasteiger partial charge in [-0.2, -0.15) is 18.3 Å². The van der Waals surface area contributed by atoms with Crippen LogP contribution in [0.1, 0.15) is 61.9 Å². The molecule has 2 atom stereocenters. The van der Waals surface area contributed by atoms with E-state index in [2.05, 4.69) is 20.1 Å². The van der Waals surface area contributed by atoms with Crippen LogP contribution < -0.4 is 11.1 Å². The van der Waals surface area contributed by atoms with Crippen molar-refractivity contribution in [2.45, 2.75) is 62.7 Å². The number of fused-ring (bicyclic) bond motifs is 1. The van der Waals surface area contributed by atoms with Gasteiger partial charge in [-0.15, -0.1) is 12.4 Å². The molecule has 2 aromatic heterocycles. The molecule has 13 heteroatoms. The Morgan fingerprint density at radius 2 is 1.91 bits per heavy atom. The van der Waals surface area contributed by atoms with Gasteiger partial charge in [-0.3, -0.25) is 4.79 Å². The minimum Gasteiger partial charge on any atom is -0.362 e. The van der Waals surface area contributed by atoms with E-state index in [4.69, 9.17) is 5.73 Å². The van der Waals surface area contributed by atoms with Crippen molar-refractivity contribution in [2.24, 2.45) is 17.6 Å². The second-order valence-electron chi connectivity index (χ2n) is 8.97. The van der Waals surface area contributed by atoms with E-state index >= 15 is 0 Å². The van der Waals surface area contributed by atoms with E-state index in [0.717, 1.165) is 12.8 Å². The highest BCUT2D eigenvalue weighted by Gasteiger charge is 2.38. The van der Waals surface area contributed by atoms with Crippen LogP contribution in [0.5, 0.6) is 0 Å². The number of halogens is 6. The highest BCUT2D eigenvalue weighted by atomic mass is 35.5. The number of ether oxygens (including phenoxy) is 1. The summed E-state index contributed by atoms with van der Waals surface area (Å²) in [7, 11) is 0. The number of carbonyl (C=O) groups excluding carboxylic acids is 1. The summed E-state index contributed by atoms with van der Waals surface area (Å²) in [5.41, 5.74) is 8.05. The normalized spacial score (nSPS) is 20.5. The maximum absolute atomic E-state index is 13.5. The van der Waals surface area contributed by atoms with Crippen LogP contribution >= 0.6 is 12.4 Å². The second kappa shape index (κ2) is 10.3. The van der Waals surface area contributed by atoms with Gasteiger partial charge in [0, 0.05) is 12.8 Å². The maximum Gasteiger partial charge on any atom is 0.411 e. The number of amides is 1. The van der Waals surface area contributed by atoms with Gasteiger partial charge in [-0.1, -0.05) is 0 Å². The zero-order valence-corrected chi connectivity index (χ0v) is 19.0. The van der Waals surface area contributed by atoms with Crippen molar-refractivity contribution in [1.82, 2.24) is 19.9 Å². The van der Waals surface area contributed by atoms with E-state index < -0.39 is 43.3 Å². The maximum atomic E-state index is 13.5. The lowest BCUT2D eigenvalue weighted by Crippen LogP contribution is -2.34. The summed E-state index contributed by atoms with van der Waals surface area (Å²) in [5, 5.41) is 7.06. The Morgan fingerprint density at radius 3 is 2.53 bits per heavy atom. The monoisotopic (exact) mass is 511 g/mol. The Morgan fingerprint density at radius 1 is 1.24 bits per heavy atom. The number of nitrogens with one attached hydrogen (secondary N) is 1. The van der Waals surface area contributed by atoms with Gasteiger partial charge in [0.1, 0.15) is 13.2 Å². The van der Waals surface area contributed by atoms with E-state index in [9.17, 15) is 26.7 Å². The average molecular weight is 512 g/mol. The largest absolute Gasteiger partial charge is 0.411 e. The van der Waals surface area contributed by atoms with E-state index in [1.54, 1.807) is 18.5 Å². The van der Waals surface area contributed by atoms with Gasteiger partial charge >= 0.3 is 6.18 Å². The third-order valence-electron chi connectivity index (χ3n) is 6.24. The van der Waals surface area contributed by atoms with Crippen molar-refractivity contribution in [1.29, 1.82) is 0 Å². The molecule has 4 rings (SSSR count). The molecule has 0 radical (unpaired) electrons. The first-order valence-corrected chi connectivity index (χ1v) is 10.9. The van der Waals surface area contributed by atoms with Crippen LogP contribution in [0.3, 0.4) is 0 Å². The molecule has 2 aliphatic rings. The fraction of sp³-hybridized carbons (Fsp3) is 0.667. The Bertz CT molecular complexity index is 988. The van der Waals surface area contributed by atoms with Crippen LogP contribution in [0.4, 0.5) is 22.0 Å². The Kier molecular flexibility index (Phi) is 8.03. The molecule has 1 amide bonds. The number of hydrogen-bond donors (Lipinski definition) is 2. The van der Waals surface area contributed by atoms with Gasteiger partial charge in [-0.05, 0) is 49.1 Å². The number of aromatic nitrogens is 3. The summed E-state index contributed by atoms with van der Waals surface area (Å²) in [4.78, 5) is 16.6. The van der Waals surface area contributed by atoms with Crippen LogP contribution in [0, 0.1) is 11.8 Å². The van der Waals surface area contributed by atoms with Crippen molar-refractivity contribution in [2.75, 3.05) is 13.2 Å². The number of rotatable bonds is 8. The highest BCUT2D eigenvalue weighted by Crippen LogP contribution is 2.42. The summed E-state index contributed by atoms with van der Waals surface area (Å²) < 4.78 is 69.5. The highest BCUT2D eigenvalue weighted by molar-refractivity contribution is 5.85. The van der Waals surface area contributed by atoms with Gasteiger partial charge in [0.15, 0.2) is 5.65 Å². The molecule has 0 spiro atoms. The third-order valence-corrected chi connectivity index (χ3v) is 6.24. The Hall–Kier alpha value is -2.05. The second-order valence-corrected chi connectivity index (χ2v) is 8.97. The molecule has 0 aromatic carbocycles. The third kappa shape index (κ3) is 6.76. The van der Waals surface area contributed by atoms with Gasteiger partial charge in [0.2, 0.25) is 11.8 Å². The summed E-state index contributed by atoms with van der Waals surface area (Å²) in [6.07, 6.45) is 0.778. The topological polar surface area (TPSA) is 94.5 Å². The van der Waals surface area contributed by atoms with Gasteiger partial charge in [-0.25, -0.2) is 18.3 Å². The molecule has 0 aliphatic heterocycles. The molecule has 7 nitrogen and oxygen atoms in total. The predicted molar refractivity (Wildman–Crippen MR) is 115 cm³/mol. The molecular weight excluding hydrogens is 485 g/mol. The first-order chi connectivity index (χ1) is 15.5. The number of carbonyl (C=O) groups is 1.